The molecule has 0 saturated heterocycles. The van der Waals surface area contributed by atoms with Gasteiger partial charge in [-0.15, -0.1) is 0 Å². The Morgan fingerprint density at radius 1 is 0.955 bits per heavy atom. The van der Waals surface area contributed by atoms with Crippen LogP contribution in [0.25, 0.3) is 0 Å². The highest BCUT2D eigenvalue weighted by Gasteiger charge is 2.60. The largest absolute Gasteiger partial charge is 0.395 e. The third-order valence-corrected chi connectivity index (χ3v) is 4.88. The smallest absolute Gasteiger partial charge is 0.105 e. The highest BCUT2D eigenvalue weighted by molar-refractivity contribution is 5.39. The molecular formula is C18H32O4. The first-order chi connectivity index (χ1) is 9.90. The topological polar surface area (TPSA) is 80.9 Å². The van der Waals surface area contributed by atoms with Gasteiger partial charge < -0.3 is 20.4 Å². The van der Waals surface area contributed by atoms with Crippen molar-refractivity contribution in [1.82, 2.24) is 0 Å². The Bertz CT molecular complexity index is 438. The van der Waals surface area contributed by atoms with E-state index in [1.165, 1.54) is 0 Å². The van der Waals surface area contributed by atoms with Crippen molar-refractivity contribution in [1.29, 1.82) is 0 Å². The quantitative estimate of drug-likeness (QED) is 0.639. The minimum absolute atomic E-state index is 0.305. The molecule has 4 nitrogen and oxygen atoms in total. The van der Waals surface area contributed by atoms with Gasteiger partial charge in [0.1, 0.15) is 5.60 Å². The van der Waals surface area contributed by atoms with E-state index in [-0.39, 0.29) is 16.7 Å². The molecule has 0 fully saturated rings. The Labute approximate surface area is 134 Å². The van der Waals surface area contributed by atoms with Gasteiger partial charge in [0.05, 0.1) is 25.2 Å². The Kier molecular flexibility index (Phi) is 5.35. The molecule has 0 radical (unpaired) electrons. The van der Waals surface area contributed by atoms with Gasteiger partial charge in [-0.1, -0.05) is 59.8 Å². The average molecular weight is 312 g/mol. The maximum absolute atomic E-state index is 11.8. The van der Waals surface area contributed by atoms with Crippen molar-refractivity contribution in [2.24, 2.45) is 22.2 Å². The van der Waals surface area contributed by atoms with Crippen molar-refractivity contribution < 1.29 is 20.4 Å². The lowest BCUT2D eigenvalue weighted by molar-refractivity contribution is -0.174. The molecule has 2 unspecified atom stereocenters. The van der Waals surface area contributed by atoms with Crippen LogP contribution in [0, 0.1) is 22.2 Å². The van der Waals surface area contributed by atoms with Crippen LogP contribution in [0.5, 0.6) is 0 Å². The first-order valence-electron chi connectivity index (χ1n) is 7.85. The molecule has 2 atom stereocenters. The third kappa shape index (κ3) is 2.90. The Morgan fingerprint density at radius 3 is 1.73 bits per heavy atom. The molecule has 0 aromatic heterocycles. The Hall–Kier alpha value is -0.680. The second-order valence-electron chi connectivity index (χ2n) is 8.58. The highest BCUT2D eigenvalue weighted by atomic mass is 16.3. The molecule has 0 aromatic carbocycles. The lowest BCUT2D eigenvalue weighted by atomic mass is 9.52. The van der Waals surface area contributed by atoms with E-state index in [0.29, 0.717) is 0 Å². The number of hydrogen-bond acceptors (Lipinski definition) is 4. The van der Waals surface area contributed by atoms with Gasteiger partial charge in [-0.3, -0.25) is 0 Å². The first kappa shape index (κ1) is 19.4. The molecule has 4 N–H and O–H groups in total. The van der Waals surface area contributed by atoms with Crippen LogP contribution in [-0.4, -0.2) is 45.8 Å². The zero-order chi connectivity index (χ0) is 17.4. The van der Waals surface area contributed by atoms with Gasteiger partial charge in [-0.05, 0) is 16.4 Å². The second kappa shape index (κ2) is 6.08. The van der Waals surface area contributed by atoms with Crippen molar-refractivity contribution in [2.75, 3.05) is 19.8 Å². The molecule has 22 heavy (non-hydrogen) atoms. The summed E-state index contributed by atoms with van der Waals surface area (Å²) in [6, 6.07) is 0. The predicted octanol–water partition coefficient (Wildman–Crippen LogP) is 1.89. The Morgan fingerprint density at radius 2 is 1.41 bits per heavy atom. The van der Waals surface area contributed by atoms with Crippen molar-refractivity contribution in [2.45, 2.75) is 47.1 Å². The number of hydrogen-bond donors (Lipinski definition) is 4. The van der Waals surface area contributed by atoms with E-state index < -0.39 is 30.8 Å². The van der Waals surface area contributed by atoms with Crippen LogP contribution < -0.4 is 0 Å². The summed E-state index contributed by atoms with van der Waals surface area (Å²) in [5.74, 6) is -0.342. The standard InChI is InChI=1S/C18H32O4/c1-15(2,3)13-8-7-9-14(16(4,5)6)18(13,22)17(10-19,11-20)12-21/h7-9,13,19-22H,10-12H2,1-6H3. The monoisotopic (exact) mass is 312 g/mol. The van der Waals surface area contributed by atoms with Gasteiger partial charge in [0.25, 0.3) is 0 Å². The van der Waals surface area contributed by atoms with E-state index in [2.05, 4.69) is 0 Å². The molecule has 1 aliphatic rings. The maximum Gasteiger partial charge on any atom is 0.105 e. The zero-order valence-corrected chi connectivity index (χ0v) is 14.7. The van der Waals surface area contributed by atoms with E-state index in [1.54, 1.807) is 0 Å². The van der Waals surface area contributed by atoms with Gasteiger partial charge in [0.2, 0.25) is 0 Å². The number of aliphatic hydroxyl groups is 4. The van der Waals surface area contributed by atoms with Crippen LogP contribution in [0.4, 0.5) is 0 Å². The SMILES string of the molecule is CC(C)(C)C1=CC=CC(C(C)(C)C)C1(O)C(CO)(CO)CO. The summed E-state index contributed by atoms with van der Waals surface area (Å²) in [7, 11) is 0. The van der Waals surface area contributed by atoms with Crippen LogP contribution in [-0.2, 0) is 0 Å². The normalized spacial score (nSPS) is 27.0. The number of allylic oxidation sites excluding steroid dienone is 2. The van der Waals surface area contributed by atoms with E-state index in [4.69, 9.17) is 0 Å². The van der Waals surface area contributed by atoms with Gasteiger partial charge in [-0.25, -0.2) is 0 Å². The van der Waals surface area contributed by atoms with Gasteiger partial charge in [-0.2, -0.15) is 0 Å². The van der Waals surface area contributed by atoms with Crippen LogP contribution in [0.2, 0.25) is 0 Å². The average Bonchev–Trinajstić information content (AvgIpc) is 2.38. The first-order valence-corrected chi connectivity index (χ1v) is 7.85. The lowest BCUT2D eigenvalue weighted by Gasteiger charge is -2.56. The van der Waals surface area contributed by atoms with Crippen LogP contribution in [0.15, 0.2) is 23.8 Å². The fourth-order valence-corrected chi connectivity index (χ4v) is 3.56. The van der Waals surface area contributed by atoms with Crippen LogP contribution in [0.3, 0.4) is 0 Å². The second-order valence-corrected chi connectivity index (χ2v) is 8.58. The molecule has 0 spiro atoms. The van der Waals surface area contributed by atoms with E-state index >= 15 is 0 Å². The molecule has 0 aromatic rings. The molecule has 0 heterocycles. The third-order valence-electron chi connectivity index (χ3n) is 4.88. The maximum atomic E-state index is 11.8. The van der Waals surface area contributed by atoms with Crippen LogP contribution >= 0.6 is 0 Å². The molecule has 128 valence electrons. The lowest BCUT2D eigenvalue weighted by Crippen LogP contribution is -2.64. The summed E-state index contributed by atoms with van der Waals surface area (Å²) in [4.78, 5) is 0. The summed E-state index contributed by atoms with van der Waals surface area (Å²) in [6.07, 6.45) is 5.67. The Balaban J connectivity index is 3.68. The summed E-state index contributed by atoms with van der Waals surface area (Å²) in [5, 5.41) is 41.6. The fourth-order valence-electron chi connectivity index (χ4n) is 3.56. The zero-order valence-electron chi connectivity index (χ0n) is 14.7. The van der Waals surface area contributed by atoms with Crippen molar-refractivity contribution in [3.05, 3.63) is 23.8 Å². The molecule has 0 amide bonds. The number of rotatable bonds is 4. The fraction of sp³-hybridized carbons (Fsp3) is 0.778. The molecule has 0 saturated carbocycles. The van der Waals surface area contributed by atoms with Crippen molar-refractivity contribution >= 4 is 0 Å². The molecule has 1 aliphatic carbocycles. The molecule has 0 aliphatic heterocycles. The van der Waals surface area contributed by atoms with Gasteiger partial charge in [0, 0.05) is 5.92 Å². The summed E-state index contributed by atoms with van der Waals surface area (Å²) in [6.45, 7) is 10.5. The number of aliphatic hydroxyl groups excluding tert-OH is 3. The van der Waals surface area contributed by atoms with Crippen molar-refractivity contribution in [3.63, 3.8) is 0 Å². The molecular weight excluding hydrogens is 280 g/mol. The minimum atomic E-state index is -1.53. The minimum Gasteiger partial charge on any atom is -0.395 e. The highest BCUT2D eigenvalue weighted by Crippen LogP contribution is 2.54. The summed E-state index contributed by atoms with van der Waals surface area (Å²) in [5.41, 5.74) is -2.89. The van der Waals surface area contributed by atoms with Gasteiger partial charge in [0.15, 0.2) is 0 Å². The van der Waals surface area contributed by atoms with Crippen LogP contribution in [0.1, 0.15) is 41.5 Å². The van der Waals surface area contributed by atoms with Crippen molar-refractivity contribution in [3.8, 4) is 0 Å². The van der Waals surface area contributed by atoms with E-state index in [0.717, 1.165) is 5.57 Å². The molecule has 4 heteroatoms. The summed E-state index contributed by atoms with van der Waals surface area (Å²) >= 11 is 0. The van der Waals surface area contributed by atoms with Gasteiger partial charge >= 0.3 is 0 Å². The molecule has 1 rings (SSSR count). The predicted molar refractivity (Wildman–Crippen MR) is 88.3 cm³/mol. The molecule has 0 bridgehead atoms. The van der Waals surface area contributed by atoms with E-state index in [1.807, 2.05) is 59.8 Å². The van der Waals surface area contributed by atoms with E-state index in [9.17, 15) is 20.4 Å². The summed E-state index contributed by atoms with van der Waals surface area (Å²) < 4.78 is 0.